The second kappa shape index (κ2) is 7.18. The van der Waals surface area contributed by atoms with Crippen LogP contribution in [0.5, 0.6) is 0 Å². The highest BCUT2D eigenvalue weighted by Gasteiger charge is 2.17. The van der Waals surface area contributed by atoms with Crippen molar-refractivity contribution < 1.29 is 9.59 Å². The summed E-state index contributed by atoms with van der Waals surface area (Å²) in [5.74, 6) is -1.12. The Labute approximate surface area is 146 Å². The molecule has 0 heterocycles. The molecule has 3 rings (SSSR count). The maximum absolute atomic E-state index is 12.3. The van der Waals surface area contributed by atoms with Gasteiger partial charge in [-0.05, 0) is 29.0 Å². The van der Waals surface area contributed by atoms with Gasteiger partial charge >= 0.3 is 11.8 Å². The molecule has 0 aromatic heterocycles. The van der Waals surface area contributed by atoms with Crippen molar-refractivity contribution in [2.24, 2.45) is 0 Å². The van der Waals surface area contributed by atoms with E-state index in [1.165, 1.54) is 0 Å². The fourth-order valence-corrected chi connectivity index (χ4v) is 2.81. The summed E-state index contributed by atoms with van der Waals surface area (Å²) < 4.78 is 0. The van der Waals surface area contributed by atoms with E-state index in [4.69, 9.17) is 0 Å². The van der Waals surface area contributed by atoms with Crippen molar-refractivity contribution in [1.82, 2.24) is 0 Å². The summed E-state index contributed by atoms with van der Waals surface area (Å²) in [7, 11) is 0. The summed E-state index contributed by atoms with van der Waals surface area (Å²) >= 11 is 0. The molecule has 2 N–H and O–H groups in total. The standard InChI is InChI=1S/C21H20N2O2/c1-14(2)16-10-5-6-12-18(16)22-20(24)21(25)23-19-13-7-9-15-8-3-4-11-17(15)19/h3-14H,1-2H3,(H,22,24)(H,23,25). The zero-order chi connectivity index (χ0) is 17.8. The molecule has 4 nitrogen and oxygen atoms in total. The first kappa shape index (κ1) is 16.7. The SMILES string of the molecule is CC(C)c1ccccc1NC(=O)C(=O)Nc1cccc2ccccc12. The van der Waals surface area contributed by atoms with E-state index in [1.54, 1.807) is 12.1 Å². The molecule has 0 unspecified atom stereocenters. The molecule has 0 aliphatic carbocycles. The van der Waals surface area contributed by atoms with Gasteiger partial charge in [0.1, 0.15) is 0 Å². The second-order valence-corrected chi connectivity index (χ2v) is 6.18. The van der Waals surface area contributed by atoms with Crippen molar-refractivity contribution in [3.8, 4) is 0 Å². The predicted octanol–water partition coefficient (Wildman–Crippen LogP) is 4.54. The molecule has 0 radical (unpaired) electrons. The zero-order valence-electron chi connectivity index (χ0n) is 14.2. The molecule has 126 valence electrons. The number of anilines is 2. The summed E-state index contributed by atoms with van der Waals surface area (Å²) in [6, 6.07) is 20.8. The van der Waals surface area contributed by atoms with Gasteiger partial charge in [-0.3, -0.25) is 9.59 Å². The van der Waals surface area contributed by atoms with Crippen LogP contribution in [0.2, 0.25) is 0 Å². The molecule has 0 aliphatic heterocycles. The number of hydrogen-bond donors (Lipinski definition) is 2. The summed E-state index contributed by atoms with van der Waals surface area (Å²) in [5, 5.41) is 7.31. The third kappa shape index (κ3) is 3.69. The van der Waals surface area contributed by atoms with E-state index < -0.39 is 11.8 Å². The van der Waals surface area contributed by atoms with Crippen LogP contribution in [-0.2, 0) is 9.59 Å². The summed E-state index contributed by atoms with van der Waals surface area (Å²) in [6.07, 6.45) is 0. The van der Waals surface area contributed by atoms with E-state index in [2.05, 4.69) is 10.6 Å². The Morgan fingerprint density at radius 2 is 1.28 bits per heavy atom. The minimum atomic E-state index is -0.685. The monoisotopic (exact) mass is 332 g/mol. The van der Waals surface area contributed by atoms with E-state index in [9.17, 15) is 9.59 Å². The average molecular weight is 332 g/mol. The molecule has 0 bridgehead atoms. The maximum Gasteiger partial charge on any atom is 0.314 e. The van der Waals surface area contributed by atoms with Crippen LogP contribution >= 0.6 is 0 Å². The highest BCUT2D eigenvalue weighted by molar-refractivity contribution is 6.44. The molecule has 0 aliphatic rings. The average Bonchev–Trinajstić information content (AvgIpc) is 2.62. The highest BCUT2D eigenvalue weighted by atomic mass is 16.2. The molecule has 2 amide bonds. The molecule has 0 atom stereocenters. The largest absolute Gasteiger partial charge is 0.318 e. The Bertz CT molecular complexity index is 927. The molecule has 0 spiro atoms. The third-order valence-electron chi connectivity index (χ3n) is 4.08. The molecule has 0 saturated heterocycles. The van der Waals surface area contributed by atoms with Crippen LogP contribution in [-0.4, -0.2) is 11.8 Å². The number of carbonyl (C=O) groups excluding carboxylic acids is 2. The van der Waals surface area contributed by atoms with Crippen LogP contribution in [0.15, 0.2) is 66.7 Å². The van der Waals surface area contributed by atoms with E-state index in [1.807, 2.05) is 68.4 Å². The number of carbonyl (C=O) groups is 2. The number of para-hydroxylation sites is 1. The smallest absolute Gasteiger partial charge is 0.314 e. The van der Waals surface area contributed by atoms with E-state index in [0.717, 1.165) is 16.3 Å². The van der Waals surface area contributed by atoms with Gasteiger partial charge in [0.25, 0.3) is 0 Å². The van der Waals surface area contributed by atoms with E-state index in [0.29, 0.717) is 11.4 Å². The highest BCUT2D eigenvalue weighted by Crippen LogP contribution is 2.25. The molecule has 0 saturated carbocycles. The van der Waals surface area contributed by atoms with E-state index in [-0.39, 0.29) is 5.92 Å². The van der Waals surface area contributed by atoms with Gasteiger partial charge < -0.3 is 10.6 Å². The van der Waals surface area contributed by atoms with Crippen molar-refractivity contribution in [2.45, 2.75) is 19.8 Å². The molecule has 3 aromatic rings. The molecule has 25 heavy (non-hydrogen) atoms. The number of nitrogens with one attached hydrogen (secondary N) is 2. The summed E-state index contributed by atoms with van der Waals surface area (Å²) in [4.78, 5) is 24.6. The quantitative estimate of drug-likeness (QED) is 0.692. The molecule has 0 fully saturated rings. The van der Waals surface area contributed by atoms with Crippen molar-refractivity contribution in [2.75, 3.05) is 10.6 Å². The molecular formula is C21H20N2O2. The van der Waals surface area contributed by atoms with Crippen molar-refractivity contribution >= 4 is 34.0 Å². The first-order valence-electron chi connectivity index (χ1n) is 8.25. The number of rotatable bonds is 3. The molecule has 4 heteroatoms. The van der Waals surface area contributed by atoms with Crippen LogP contribution in [0.3, 0.4) is 0 Å². The Hall–Kier alpha value is -3.14. The van der Waals surface area contributed by atoms with Gasteiger partial charge in [-0.25, -0.2) is 0 Å². The topological polar surface area (TPSA) is 58.2 Å². The fourth-order valence-electron chi connectivity index (χ4n) is 2.81. The Morgan fingerprint density at radius 1 is 0.720 bits per heavy atom. The van der Waals surface area contributed by atoms with Crippen LogP contribution in [0.4, 0.5) is 11.4 Å². The van der Waals surface area contributed by atoms with Crippen LogP contribution in [0.1, 0.15) is 25.3 Å². The van der Waals surface area contributed by atoms with Crippen LogP contribution < -0.4 is 10.6 Å². The third-order valence-corrected chi connectivity index (χ3v) is 4.08. The maximum atomic E-state index is 12.3. The van der Waals surface area contributed by atoms with Gasteiger partial charge in [0.15, 0.2) is 0 Å². The minimum absolute atomic E-state index is 0.248. The zero-order valence-corrected chi connectivity index (χ0v) is 14.2. The second-order valence-electron chi connectivity index (χ2n) is 6.18. The number of benzene rings is 3. The summed E-state index contributed by atoms with van der Waals surface area (Å²) in [6.45, 7) is 4.09. The fraction of sp³-hybridized carbons (Fsp3) is 0.143. The minimum Gasteiger partial charge on any atom is -0.318 e. The number of fused-ring (bicyclic) bond motifs is 1. The molecule has 3 aromatic carbocycles. The first-order valence-corrected chi connectivity index (χ1v) is 8.25. The predicted molar refractivity (Wildman–Crippen MR) is 102 cm³/mol. The Morgan fingerprint density at radius 3 is 2.04 bits per heavy atom. The lowest BCUT2D eigenvalue weighted by molar-refractivity contribution is -0.132. The van der Waals surface area contributed by atoms with Gasteiger partial charge in [-0.2, -0.15) is 0 Å². The Kier molecular flexibility index (Phi) is 4.80. The summed E-state index contributed by atoms with van der Waals surface area (Å²) in [5.41, 5.74) is 2.28. The molecular weight excluding hydrogens is 312 g/mol. The van der Waals surface area contributed by atoms with Crippen LogP contribution in [0.25, 0.3) is 10.8 Å². The normalized spacial score (nSPS) is 10.7. The number of amides is 2. The van der Waals surface area contributed by atoms with Crippen LogP contribution in [0, 0.1) is 0 Å². The lowest BCUT2D eigenvalue weighted by atomic mass is 10.0. The van der Waals surface area contributed by atoms with Gasteiger partial charge in [0.2, 0.25) is 0 Å². The lowest BCUT2D eigenvalue weighted by Crippen LogP contribution is -2.29. The van der Waals surface area contributed by atoms with Crippen molar-refractivity contribution in [3.63, 3.8) is 0 Å². The number of hydrogen-bond acceptors (Lipinski definition) is 2. The van der Waals surface area contributed by atoms with E-state index >= 15 is 0 Å². The van der Waals surface area contributed by atoms with Gasteiger partial charge in [-0.15, -0.1) is 0 Å². The van der Waals surface area contributed by atoms with Gasteiger partial charge in [0.05, 0.1) is 0 Å². The van der Waals surface area contributed by atoms with Gasteiger partial charge in [-0.1, -0.05) is 68.4 Å². The van der Waals surface area contributed by atoms with Crippen molar-refractivity contribution in [3.05, 3.63) is 72.3 Å². The Balaban J connectivity index is 1.78. The van der Waals surface area contributed by atoms with Crippen molar-refractivity contribution in [1.29, 1.82) is 0 Å². The lowest BCUT2D eigenvalue weighted by Gasteiger charge is -2.14. The van der Waals surface area contributed by atoms with Gasteiger partial charge in [0, 0.05) is 16.8 Å². The first-order chi connectivity index (χ1) is 12.1.